The molecule has 82 valence electrons. The number of likely N-dealkylation sites (tertiary alicyclic amines) is 1. The molecule has 14 heavy (non-hydrogen) atoms. The molecule has 4 nitrogen and oxygen atoms in total. The maximum absolute atomic E-state index is 11.4. The van der Waals surface area contributed by atoms with E-state index in [4.69, 9.17) is 5.11 Å². The fraction of sp³-hybridized carbons (Fsp3) is 0.900. The van der Waals surface area contributed by atoms with E-state index < -0.39 is 0 Å². The summed E-state index contributed by atoms with van der Waals surface area (Å²) in [4.78, 5) is 15.4. The summed E-state index contributed by atoms with van der Waals surface area (Å²) < 4.78 is 0. The number of amides is 1. The minimum Gasteiger partial charge on any atom is -0.396 e. The van der Waals surface area contributed by atoms with Crippen LogP contribution in [0.3, 0.4) is 0 Å². The summed E-state index contributed by atoms with van der Waals surface area (Å²) in [5.41, 5.74) is 0. The van der Waals surface area contributed by atoms with Gasteiger partial charge in [-0.05, 0) is 27.1 Å². The quantitative estimate of drug-likeness (QED) is 0.667. The molecule has 0 aliphatic carbocycles. The predicted octanol–water partition coefficient (Wildman–Crippen LogP) is -0.221. The molecular weight excluding hydrogens is 180 g/mol. The van der Waals surface area contributed by atoms with Crippen LogP contribution in [0.2, 0.25) is 0 Å². The second kappa shape index (κ2) is 5.32. The van der Waals surface area contributed by atoms with Crippen LogP contribution >= 0.6 is 0 Å². The first-order chi connectivity index (χ1) is 6.63. The van der Waals surface area contributed by atoms with Gasteiger partial charge in [-0.2, -0.15) is 0 Å². The summed E-state index contributed by atoms with van der Waals surface area (Å²) in [6.07, 6.45) is 1.54. The first-order valence-electron chi connectivity index (χ1n) is 5.17. The highest BCUT2D eigenvalue weighted by Crippen LogP contribution is 2.16. The van der Waals surface area contributed by atoms with Gasteiger partial charge in [0, 0.05) is 32.0 Å². The minimum absolute atomic E-state index is 0.135. The maximum atomic E-state index is 11.4. The topological polar surface area (TPSA) is 43.8 Å². The van der Waals surface area contributed by atoms with E-state index in [0.29, 0.717) is 6.42 Å². The average molecular weight is 200 g/mol. The highest BCUT2D eigenvalue weighted by molar-refractivity contribution is 5.78. The largest absolute Gasteiger partial charge is 0.396 e. The predicted molar refractivity (Wildman–Crippen MR) is 54.9 cm³/mol. The highest BCUT2D eigenvalue weighted by Gasteiger charge is 2.28. The Labute approximate surface area is 85.5 Å². The molecule has 1 amide bonds. The molecular formula is C10H20N2O2. The summed E-state index contributed by atoms with van der Waals surface area (Å²) in [6, 6.07) is 0. The van der Waals surface area contributed by atoms with E-state index in [1.165, 1.54) is 0 Å². The Morgan fingerprint density at radius 2 is 2.29 bits per heavy atom. The van der Waals surface area contributed by atoms with E-state index in [9.17, 15) is 4.79 Å². The van der Waals surface area contributed by atoms with Crippen molar-refractivity contribution in [3.63, 3.8) is 0 Å². The number of carbonyl (C=O) groups excluding carboxylic acids is 1. The molecule has 1 aliphatic rings. The summed E-state index contributed by atoms with van der Waals surface area (Å²) >= 11 is 0. The van der Waals surface area contributed by atoms with Crippen LogP contribution in [0.15, 0.2) is 0 Å². The standard InChI is InChI=1S/C10H20N2O2/c1-11(2)4-3-5-12-7-9(8-13)6-10(12)14/h9,13H,3-8H2,1-2H3. The molecule has 0 spiro atoms. The van der Waals surface area contributed by atoms with Crippen molar-refractivity contribution < 1.29 is 9.90 Å². The van der Waals surface area contributed by atoms with Gasteiger partial charge in [-0.15, -0.1) is 0 Å². The van der Waals surface area contributed by atoms with Crippen molar-refractivity contribution in [2.75, 3.05) is 40.3 Å². The molecule has 4 heteroatoms. The number of aliphatic hydroxyl groups is 1. The number of rotatable bonds is 5. The Kier molecular flexibility index (Phi) is 4.35. The third-order valence-corrected chi connectivity index (χ3v) is 2.59. The number of nitrogens with zero attached hydrogens (tertiary/aromatic N) is 2. The monoisotopic (exact) mass is 200 g/mol. The van der Waals surface area contributed by atoms with E-state index in [2.05, 4.69) is 4.90 Å². The van der Waals surface area contributed by atoms with Gasteiger partial charge in [-0.3, -0.25) is 4.79 Å². The summed E-state index contributed by atoms with van der Waals surface area (Å²) in [5.74, 6) is 0.365. The molecule has 1 atom stereocenters. The number of carbonyl (C=O) groups is 1. The van der Waals surface area contributed by atoms with Gasteiger partial charge >= 0.3 is 0 Å². The second-order valence-corrected chi connectivity index (χ2v) is 4.25. The van der Waals surface area contributed by atoms with Crippen molar-refractivity contribution in [3.05, 3.63) is 0 Å². The number of hydrogen-bond acceptors (Lipinski definition) is 3. The van der Waals surface area contributed by atoms with Crippen molar-refractivity contribution in [2.45, 2.75) is 12.8 Å². The maximum Gasteiger partial charge on any atom is 0.223 e. The fourth-order valence-corrected chi connectivity index (χ4v) is 1.77. The molecule has 0 aromatic rings. The smallest absolute Gasteiger partial charge is 0.223 e. The summed E-state index contributed by atoms with van der Waals surface area (Å²) in [6.45, 7) is 2.71. The van der Waals surface area contributed by atoms with Crippen LogP contribution in [0.5, 0.6) is 0 Å². The highest BCUT2D eigenvalue weighted by atomic mass is 16.3. The number of hydrogen-bond donors (Lipinski definition) is 1. The summed E-state index contributed by atoms with van der Waals surface area (Å²) in [5, 5.41) is 8.93. The van der Waals surface area contributed by atoms with Gasteiger partial charge in [0.15, 0.2) is 0 Å². The van der Waals surface area contributed by atoms with Crippen LogP contribution in [0.1, 0.15) is 12.8 Å². The van der Waals surface area contributed by atoms with E-state index in [1.807, 2.05) is 19.0 Å². The van der Waals surface area contributed by atoms with Crippen LogP contribution in [-0.4, -0.2) is 61.2 Å². The molecule has 0 bridgehead atoms. The molecule has 1 aliphatic heterocycles. The van der Waals surface area contributed by atoms with Crippen molar-refractivity contribution >= 4 is 5.91 Å². The minimum atomic E-state index is 0.135. The molecule has 1 saturated heterocycles. The van der Waals surface area contributed by atoms with Gasteiger partial charge in [0.2, 0.25) is 5.91 Å². The van der Waals surface area contributed by atoms with E-state index in [-0.39, 0.29) is 18.4 Å². The van der Waals surface area contributed by atoms with Gasteiger partial charge in [0.1, 0.15) is 0 Å². The molecule has 1 N–H and O–H groups in total. The molecule has 1 unspecified atom stereocenters. The van der Waals surface area contributed by atoms with Crippen molar-refractivity contribution in [3.8, 4) is 0 Å². The average Bonchev–Trinajstić information content (AvgIpc) is 2.47. The van der Waals surface area contributed by atoms with Crippen LogP contribution in [0, 0.1) is 5.92 Å². The van der Waals surface area contributed by atoms with E-state index in [1.54, 1.807) is 0 Å². The van der Waals surface area contributed by atoms with Gasteiger partial charge in [-0.25, -0.2) is 0 Å². The normalized spacial score (nSPS) is 22.4. The van der Waals surface area contributed by atoms with E-state index >= 15 is 0 Å². The first-order valence-corrected chi connectivity index (χ1v) is 5.17. The Balaban J connectivity index is 2.21. The Morgan fingerprint density at radius 1 is 1.57 bits per heavy atom. The van der Waals surface area contributed by atoms with Gasteiger partial charge in [-0.1, -0.05) is 0 Å². The van der Waals surface area contributed by atoms with Crippen molar-refractivity contribution in [2.24, 2.45) is 5.92 Å². The van der Waals surface area contributed by atoms with Crippen LogP contribution in [0.4, 0.5) is 0 Å². The van der Waals surface area contributed by atoms with Crippen LogP contribution in [0.25, 0.3) is 0 Å². The lowest BCUT2D eigenvalue weighted by atomic mass is 10.1. The number of aliphatic hydroxyl groups excluding tert-OH is 1. The second-order valence-electron chi connectivity index (χ2n) is 4.25. The molecule has 1 heterocycles. The Morgan fingerprint density at radius 3 is 2.79 bits per heavy atom. The molecule has 0 aromatic carbocycles. The molecule has 1 fully saturated rings. The lowest BCUT2D eigenvalue weighted by Gasteiger charge is -2.17. The molecule has 1 rings (SSSR count). The third-order valence-electron chi connectivity index (χ3n) is 2.59. The first kappa shape index (κ1) is 11.5. The van der Waals surface area contributed by atoms with Crippen LogP contribution < -0.4 is 0 Å². The molecule has 0 saturated carbocycles. The van der Waals surface area contributed by atoms with Crippen molar-refractivity contribution in [1.82, 2.24) is 9.80 Å². The fourth-order valence-electron chi connectivity index (χ4n) is 1.77. The third kappa shape index (κ3) is 3.27. The molecule has 0 radical (unpaired) electrons. The zero-order valence-electron chi connectivity index (χ0n) is 9.07. The Hall–Kier alpha value is -0.610. The lowest BCUT2D eigenvalue weighted by Crippen LogP contribution is -2.29. The zero-order chi connectivity index (χ0) is 10.6. The van der Waals surface area contributed by atoms with Gasteiger partial charge < -0.3 is 14.9 Å². The molecule has 0 aromatic heterocycles. The van der Waals surface area contributed by atoms with E-state index in [0.717, 1.165) is 26.1 Å². The SMILES string of the molecule is CN(C)CCCN1CC(CO)CC1=O. The summed E-state index contributed by atoms with van der Waals surface area (Å²) in [7, 11) is 4.06. The van der Waals surface area contributed by atoms with Gasteiger partial charge in [0.05, 0.1) is 0 Å². The Bertz CT molecular complexity index is 195. The van der Waals surface area contributed by atoms with Crippen molar-refractivity contribution in [1.29, 1.82) is 0 Å². The van der Waals surface area contributed by atoms with Crippen LogP contribution in [-0.2, 0) is 4.79 Å². The lowest BCUT2D eigenvalue weighted by molar-refractivity contribution is -0.127. The van der Waals surface area contributed by atoms with Gasteiger partial charge in [0.25, 0.3) is 0 Å². The zero-order valence-corrected chi connectivity index (χ0v) is 9.07.